The quantitative estimate of drug-likeness (QED) is 0.707. The van der Waals surface area contributed by atoms with Crippen LogP contribution in [0.25, 0.3) is 0 Å². The van der Waals surface area contributed by atoms with Crippen LogP contribution in [0.4, 0.5) is 5.82 Å². The van der Waals surface area contributed by atoms with E-state index in [0.29, 0.717) is 11.4 Å². The Bertz CT molecular complexity index is 644. The maximum absolute atomic E-state index is 12.1. The molecule has 0 aliphatic heterocycles. The standard InChI is InChI=1S/C13H9Br3N2O/c1-7-10(15)4-5-12(17-7)18-13(19)9-3-2-8(14)6-11(9)16/h2-6H,1H3,(H,17,18,19). The van der Waals surface area contributed by atoms with Crippen molar-refractivity contribution in [2.45, 2.75) is 6.92 Å². The number of nitrogens with one attached hydrogen (secondary N) is 1. The van der Waals surface area contributed by atoms with E-state index in [1.807, 2.05) is 25.1 Å². The van der Waals surface area contributed by atoms with Gasteiger partial charge in [0.15, 0.2) is 0 Å². The molecule has 2 rings (SSSR count). The number of pyridine rings is 1. The zero-order chi connectivity index (χ0) is 14.0. The fourth-order valence-corrected chi connectivity index (χ4v) is 2.92. The van der Waals surface area contributed by atoms with Crippen molar-refractivity contribution in [1.29, 1.82) is 0 Å². The van der Waals surface area contributed by atoms with Crippen molar-refractivity contribution in [3.8, 4) is 0 Å². The highest BCUT2D eigenvalue weighted by atomic mass is 79.9. The number of aryl methyl sites for hydroxylation is 1. The van der Waals surface area contributed by atoms with E-state index in [9.17, 15) is 4.79 Å². The molecule has 3 nitrogen and oxygen atoms in total. The summed E-state index contributed by atoms with van der Waals surface area (Å²) < 4.78 is 2.55. The first-order valence-corrected chi connectivity index (χ1v) is 7.75. The monoisotopic (exact) mass is 446 g/mol. The molecule has 0 aliphatic rings. The molecule has 1 N–H and O–H groups in total. The number of amides is 1. The van der Waals surface area contributed by atoms with Crippen molar-refractivity contribution < 1.29 is 4.79 Å². The molecule has 1 aromatic carbocycles. The first-order valence-electron chi connectivity index (χ1n) is 5.37. The van der Waals surface area contributed by atoms with Gasteiger partial charge in [-0.3, -0.25) is 4.79 Å². The Morgan fingerprint density at radius 2 is 1.84 bits per heavy atom. The molecule has 0 fully saturated rings. The molecule has 6 heteroatoms. The van der Waals surface area contributed by atoms with Crippen LogP contribution in [0.3, 0.4) is 0 Å². The van der Waals surface area contributed by atoms with Gasteiger partial charge in [0, 0.05) is 13.4 Å². The molecule has 1 aromatic heterocycles. The minimum Gasteiger partial charge on any atom is -0.307 e. The van der Waals surface area contributed by atoms with Gasteiger partial charge in [-0.05, 0) is 69.1 Å². The normalized spacial score (nSPS) is 10.3. The van der Waals surface area contributed by atoms with Crippen LogP contribution < -0.4 is 5.32 Å². The average Bonchev–Trinajstić information content (AvgIpc) is 2.33. The second-order valence-electron chi connectivity index (χ2n) is 3.84. The Morgan fingerprint density at radius 3 is 2.47 bits per heavy atom. The SMILES string of the molecule is Cc1nc(NC(=O)c2ccc(Br)cc2Br)ccc1Br. The fourth-order valence-electron chi connectivity index (χ4n) is 1.47. The maximum Gasteiger partial charge on any atom is 0.257 e. The van der Waals surface area contributed by atoms with Gasteiger partial charge in [0.25, 0.3) is 5.91 Å². The summed E-state index contributed by atoms with van der Waals surface area (Å²) in [7, 11) is 0. The third kappa shape index (κ3) is 3.64. The van der Waals surface area contributed by atoms with E-state index in [-0.39, 0.29) is 5.91 Å². The Labute approximate surface area is 136 Å². The topological polar surface area (TPSA) is 42.0 Å². The molecule has 0 saturated carbocycles. The summed E-state index contributed by atoms with van der Waals surface area (Å²) in [6.45, 7) is 1.87. The molecule has 1 heterocycles. The van der Waals surface area contributed by atoms with E-state index in [0.717, 1.165) is 19.1 Å². The minimum absolute atomic E-state index is 0.200. The number of halogens is 3. The summed E-state index contributed by atoms with van der Waals surface area (Å²) in [5, 5.41) is 2.77. The van der Waals surface area contributed by atoms with Crippen molar-refractivity contribution in [1.82, 2.24) is 4.98 Å². The number of carbonyl (C=O) groups is 1. The summed E-state index contributed by atoms with van der Waals surface area (Å²) in [6, 6.07) is 9.00. The lowest BCUT2D eigenvalue weighted by Crippen LogP contribution is -2.13. The van der Waals surface area contributed by atoms with E-state index in [1.165, 1.54) is 0 Å². The van der Waals surface area contributed by atoms with Crippen molar-refractivity contribution >= 4 is 59.5 Å². The Hall–Kier alpha value is -0.720. The first kappa shape index (κ1) is 14.7. The molecule has 0 spiro atoms. The predicted octanol–water partition coefficient (Wildman–Crippen LogP) is 4.93. The number of nitrogens with zero attached hydrogens (tertiary/aromatic N) is 1. The van der Waals surface area contributed by atoms with Gasteiger partial charge in [-0.25, -0.2) is 4.98 Å². The van der Waals surface area contributed by atoms with E-state index in [4.69, 9.17) is 0 Å². The molecule has 0 bridgehead atoms. The highest BCUT2D eigenvalue weighted by Crippen LogP contribution is 2.23. The van der Waals surface area contributed by atoms with Gasteiger partial charge in [-0.1, -0.05) is 15.9 Å². The van der Waals surface area contributed by atoms with Gasteiger partial charge in [0.2, 0.25) is 0 Å². The molecule has 1 amide bonds. The second kappa shape index (κ2) is 6.15. The third-order valence-corrected chi connectivity index (χ3v) is 4.43. The Balaban J connectivity index is 2.23. The zero-order valence-electron chi connectivity index (χ0n) is 9.88. The van der Waals surface area contributed by atoms with E-state index in [2.05, 4.69) is 58.1 Å². The molecule has 19 heavy (non-hydrogen) atoms. The Kier molecular flexibility index (Phi) is 4.76. The van der Waals surface area contributed by atoms with Gasteiger partial charge in [0.1, 0.15) is 5.82 Å². The highest BCUT2D eigenvalue weighted by molar-refractivity contribution is 9.11. The van der Waals surface area contributed by atoms with Gasteiger partial charge in [-0.15, -0.1) is 0 Å². The number of rotatable bonds is 2. The zero-order valence-corrected chi connectivity index (χ0v) is 14.6. The second-order valence-corrected chi connectivity index (χ2v) is 6.47. The van der Waals surface area contributed by atoms with Gasteiger partial charge in [-0.2, -0.15) is 0 Å². The van der Waals surface area contributed by atoms with E-state index >= 15 is 0 Å². The van der Waals surface area contributed by atoms with Gasteiger partial charge in [0.05, 0.1) is 11.3 Å². The summed E-state index contributed by atoms with van der Waals surface area (Å²) >= 11 is 10.1. The number of hydrogen-bond acceptors (Lipinski definition) is 2. The van der Waals surface area contributed by atoms with Crippen LogP contribution in [0, 0.1) is 6.92 Å². The first-order chi connectivity index (χ1) is 8.97. The van der Waals surface area contributed by atoms with Gasteiger partial charge >= 0.3 is 0 Å². The fraction of sp³-hybridized carbons (Fsp3) is 0.0769. The maximum atomic E-state index is 12.1. The lowest BCUT2D eigenvalue weighted by atomic mass is 10.2. The molecule has 0 unspecified atom stereocenters. The predicted molar refractivity (Wildman–Crippen MR) is 86.5 cm³/mol. The molecular formula is C13H9Br3N2O. The van der Waals surface area contributed by atoms with Crippen LogP contribution in [0.2, 0.25) is 0 Å². The molecule has 98 valence electrons. The lowest BCUT2D eigenvalue weighted by Gasteiger charge is -2.08. The van der Waals surface area contributed by atoms with E-state index in [1.54, 1.807) is 12.1 Å². The number of benzene rings is 1. The van der Waals surface area contributed by atoms with Gasteiger partial charge < -0.3 is 5.32 Å². The lowest BCUT2D eigenvalue weighted by molar-refractivity contribution is 0.102. The van der Waals surface area contributed by atoms with Crippen LogP contribution in [-0.2, 0) is 0 Å². The number of hydrogen-bond donors (Lipinski definition) is 1. The minimum atomic E-state index is -0.200. The Morgan fingerprint density at radius 1 is 1.11 bits per heavy atom. The molecule has 0 radical (unpaired) electrons. The van der Waals surface area contributed by atoms with Crippen LogP contribution in [-0.4, -0.2) is 10.9 Å². The highest BCUT2D eigenvalue weighted by Gasteiger charge is 2.11. The van der Waals surface area contributed by atoms with Crippen LogP contribution in [0.5, 0.6) is 0 Å². The summed E-state index contributed by atoms with van der Waals surface area (Å²) in [4.78, 5) is 16.4. The van der Waals surface area contributed by atoms with Crippen molar-refractivity contribution in [2.24, 2.45) is 0 Å². The smallest absolute Gasteiger partial charge is 0.257 e. The largest absolute Gasteiger partial charge is 0.307 e. The molecule has 0 atom stereocenters. The van der Waals surface area contributed by atoms with Crippen molar-refractivity contribution in [2.75, 3.05) is 5.32 Å². The number of carbonyl (C=O) groups excluding carboxylic acids is 1. The summed E-state index contributed by atoms with van der Waals surface area (Å²) in [5.41, 5.74) is 1.39. The average molecular weight is 449 g/mol. The van der Waals surface area contributed by atoms with Crippen LogP contribution in [0.1, 0.15) is 16.1 Å². The van der Waals surface area contributed by atoms with Crippen molar-refractivity contribution in [3.63, 3.8) is 0 Å². The molecule has 0 aliphatic carbocycles. The molecular weight excluding hydrogens is 440 g/mol. The number of anilines is 1. The number of aromatic nitrogens is 1. The summed E-state index contributed by atoms with van der Waals surface area (Å²) in [5.74, 6) is 0.328. The van der Waals surface area contributed by atoms with Crippen LogP contribution in [0.15, 0.2) is 43.7 Å². The van der Waals surface area contributed by atoms with E-state index < -0.39 is 0 Å². The third-order valence-electron chi connectivity index (χ3n) is 2.44. The molecule has 0 saturated heterocycles. The summed E-state index contributed by atoms with van der Waals surface area (Å²) in [6.07, 6.45) is 0. The van der Waals surface area contributed by atoms with Crippen molar-refractivity contribution in [3.05, 3.63) is 55.0 Å². The van der Waals surface area contributed by atoms with Crippen LogP contribution >= 0.6 is 47.8 Å². The molecule has 2 aromatic rings.